The predicted octanol–water partition coefficient (Wildman–Crippen LogP) is 2.65. The van der Waals surface area contributed by atoms with Gasteiger partial charge >= 0.3 is 0 Å². The normalized spacial score (nSPS) is 10.9. The van der Waals surface area contributed by atoms with Crippen LogP contribution in [0.4, 0.5) is 4.39 Å². The number of hydrogen-bond donors (Lipinski definition) is 0. The first kappa shape index (κ1) is 12.8. The SMILES string of the molecule is COc1ccc(Cn2cnc3ccsc3c2=O)c(F)c1. The van der Waals surface area contributed by atoms with Crippen LogP contribution in [-0.2, 0) is 6.54 Å². The molecule has 3 aromatic rings. The number of methoxy groups -OCH3 is 1. The van der Waals surface area contributed by atoms with E-state index in [2.05, 4.69) is 4.98 Å². The Bertz CT molecular complexity index is 825. The molecule has 102 valence electrons. The van der Waals surface area contributed by atoms with E-state index in [1.807, 2.05) is 5.38 Å². The van der Waals surface area contributed by atoms with Crippen LogP contribution in [0, 0.1) is 5.82 Å². The molecule has 0 unspecified atom stereocenters. The van der Waals surface area contributed by atoms with Crippen molar-refractivity contribution in [3.05, 3.63) is 57.7 Å². The number of benzene rings is 1. The summed E-state index contributed by atoms with van der Waals surface area (Å²) in [4.78, 5) is 16.4. The second kappa shape index (κ2) is 5.05. The monoisotopic (exact) mass is 290 g/mol. The van der Waals surface area contributed by atoms with Gasteiger partial charge in [0.2, 0.25) is 0 Å². The zero-order valence-corrected chi connectivity index (χ0v) is 11.5. The molecule has 0 N–H and O–H groups in total. The van der Waals surface area contributed by atoms with Gasteiger partial charge in [0.25, 0.3) is 5.56 Å². The Morgan fingerprint density at radius 2 is 2.25 bits per heavy atom. The fourth-order valence-corrected chi connectivity index (χ4v) is 2.75. The number of rotatable bonds is 3. The van der Waals surface area contributed by atoms with Crippen molar-refractivity contribution in [2.24, 2.45) is 0 Å². The lowest BCUT2D eigenvalue weighted by molar-refractivity contribution is 0.410. The van der Waals surface area contributed by atoms with Gasteiger partial charge in [-0.25, -0.2) is 9.37 Å². The highest BCUT2D eigenvalue weighted by atomic mass is 32.1. The van der Waals surface area contributed by atoms with Gasteiger partial charge < -0.3 is 4.74 Å². The van der Waals surface area contributed by atoms with Gasteiger partial charge in [-0.15, -0.1) is 11.3 Å². The van der Waals surface area contributed by atoms with Crippen molar-refractivity contribution in [1.29, 1.82) is 0 Å². The quantitative estimate of drug-likeness (QED) is 0.745. The minimum Gasteiger partial charge on any atom is -0.497 e. The maximum atomic E-state index is 13.9. The summed E-state index contributed by atoms with van der Waals surface area (Å²) >= 11 is 1.34. The highest BCUT2D eigenvalue weighted by Gasteiger charge is 2.09. The number of fused-ring (bicyclic) bond motifs is 1. The van der Waals surface area contributed by atoms with E-state index < -0.39 is 5.82 Å². The first-order chi connectivity index (χ1) is 9.69. The van der Waals surface area contributed by atoms with Gasteiger partial charge in [-0.2, -0.15) is 0 Å². The summed E-state index contributed by atoms with van der Waals surface area (Å²) in [6.45, 7) is 0.148. The van der Waals surface area contributed by atoms with Crippen LogP contribution in [0.15, 0.2) is 40.8 Å². The molecule has 20 heavy (non-hydrogen) atoms. The van der Waals surface area contributed by atoms with Crippen LogP contribution in [0.2, 0.25) is 0 Å². The molecule has 1 aromatic carbocycles. The largest absolute Gasteiger partial charge is 0.497 e. The molecular weight excluding hydrogens is 279 g/mol. The minimum atomic E-state index is -0.400. The molecule has 0 amide bonds. The maximum absolute atomic E-state index is 13.9. The number of halogens is 1. The number of thiophene rings is 1. The molecule has 0 saturated heterocycles. The molecule has 0 aliphatic carbocycles. The molecule has 0 atom stereocenters. The molecule has 2 aromatic heterocycles. The van der Waals surface area contributed by atoms with Gasteiger partial charge in [0.1, 0.15) is 16.3 Å². The second-order valence-corrected chi connectivity index (χ2v) is 5.19. The Morgan fingerprint density at radius 1 is 1.40 bits per heavy atom. The van der Waals surface area contributed by atoms with E-state index in [9.17, 15) is 9.18 Å². The first-order valence-corrected chi connectivity index (χ1v) is 6.82. The van der Waals surface area contributed by atoms with Gasteiger partial charge in [-0.05, 0) is 17.5 Å². The third-order valence-electron chi connectivity index (χ3n) is 3.04. The van der Waals surface area contributed by atoms with Crippen molar-refractivity contribution in [1.82, 2.24) is 9.55 Å². The van der Waals surface area contributed by atoms with Crippen molar-refractivity contribution >= 4 is 21.6 Å². The van der Waals surface area contributed by atoms with Gasteiger partial charge in [-0.1, -0.05) is 6.07 Å². The molecule has 0 aliphatic rings. The van der Waals surface area contributed by atoms with Gasteiger partial charge in [0.15, 0.2) is 0 Å². The Hall–Kier alpha value is -2.21. The predicted molar refractivity (Wildman–Crippen MR) is 75.9 cm³/mol. The molecule has 0 aliphatic heterocycles. The summed E-state index contributed by atoms with van der Waals surface area (Å²) in [5, 5.41) is 1.82. The molecule has 6 heteroatoms. The molecule has 3 rings (SSSR count). The van der Waals surface area contributed by atoms with Crippen LogP contribution in [-0.4, -0.2) is 16.7 Å². The van der Waals surface area contributed by atoms with Crippen molar-refractivity contribution in [2.45, 2.75) is 6.54 Å². The summed E-state index contributed by atoms with van der Waals surface area (Å²) in [6, 6.07) is 6.37. The molecule has 2 heterocycles. The first-order valence-electron chi connectivity index (χ1n) is 5.94. The Kier molecular flexibility index (Phi) is 3.23. The smallest absolute Gasteiger partial charge is 0.271 e. The van der Waals surface area contributed by atoms with Crippen LogP contribution < -0.4 is 10.3 Å². The summed E-state index contributed by atoms with van der Waals surface area (Å²) in [5.41, 5.74) is 0.942. The summed E-state index contributed by atoms with van der Waals surface area (Å²) in [6.07, 6.45) is 1.45. The number of nitrogens with zero attached hydrogens (tertiary/aromatic N) is 2. The van der Waals surface area contributed by atoms with Crippen molar-refractivity contribution < 1.29 is 9.13 Å². The van der Waals surface area contributed by atoms with Gasteiger partial charge in [0.05, 0.1) is 25.5 Å². The highest BCUT2D eigenvalue weighted by Crippen LogP contribution is 2.18. The standard InChI is InChI=1S/C14H11FN2O2S/c1-19-10-3-2-9(11(15)6-10)7-17-8-16-12-4-5-20-13(12)14(17)18/h2-6,8H,7H2,1H3. The summed E-state index contributed by atoms with van der Waals surface area (Å²) in [5.74, 6) is 0.0490. The van der Waals surface area contributed by atoms with E-state index >= 15 is 0 Å². The molecule has 4 nitrogen and oxygen atoms in total. The summed E-state index contributed by atoms with van der Waals surface area (Å²) < 4.78 is 20.8. The molecule has 0 fully saturated rings. The zero-order valence-electron chi connectivity index (χ0n) is 10.7. The van der Waals surface area contributed by atoms with E-state index in [-0.39, 0.29) is 12.1 Å². The van der Waals surface area contributed by atoms with Crippen LogP contribution in [0.5, 0.6) is 5.75 Å². The average molecular weight is 290 g/mol. The number of aromatic nitrogens is 2. The van der Waals surface area contributed by atoms with Crippen molar-refractivity contribution in [3.63, 3.8) is 0 Å². The molecule has 0 saturated carbocycles. The Balaban J connectivity index is 2.01. The van der Waals surface area contributed by atoms with Gasteiger partial charge in [0, 0.05) is 11.6 Å². The molecule has 0 spiro atoms. The van der Waals surface area contributed by atoms with E-state index in [4.69, 9.17) is 4.74 Å². The maximum Gasteiger partial charge on any atom is 0.271 e. The van der Waals surface area contributed by atoms with Crippen molar-refractivity contribution in [3.8, 4) is 5.75 Å². The van der Waals surface area contributed by atoms with E-state index in [1.54, 1.807) is 18.2 Å². The Morgan fingerprint density at radius 3 is 3.00 bits per heavy atom. The zero-order chi connectivity index (χ0) is 14.1. The Labute approximate surface area is 118 Å². The average Bonchev–Trinajstić information content (AvgIpc) is 2.93. The second-order valence-electron chi connectivity index (χ2n) is 4.27. The van der Waals surface area contributed by atoms with E-state index in [0.29, 0.717) is 21.5 Å². The fraction of sp³-hybridized carbons (Fsp3) is 0.143. The van der Waals surface area contributed by atoms with Crippen LogP contribution in [0.1, 0.15) is 5.56 Å². The molecule has 0 bridgehead atoms. The van der Waals surface area contributed by atoms with Crippen LogP contribution in [0.25, 0.3) is 10.2 Å². The van der Waals surface area contributed by atoms with E-state index in [0.717, 1.165) is 0 Å². The van der Waals surface area contributed by atoms with Crippen LogP contribution >= 0.6 is 11.3 Å². The minimum absolute atomic E-state index is 0.148. The highest BCUT2D eigenvalue weighted by molar-refractivity contribution is 7.17. The lowest BCUT2D eigenvalue weighted by Gasteiger charge is -2.08. The lowest BCUT2D eigenvalue weighted by atomic mass is 10.2. The van der Waals surface area contributed by atoms with Gasteiger partial charge in [-0.3, -0.25) is 9.36 Å². The third-order valence-corrected chi connectivity index (χ3v) is 3.93. The third kappa shape index (κ3) is 2.18. The molecule has 0 radical (unpaired) electrons. The fourth-order valence-electron chi connectivity index (χ4n) is 1.96. The molecular formula is C14H11FN2O2S. The van der Waals surface area contributed by atoms with Crippen molar-refractivity contribution in [2.75, 3.05) is 7.11 Å². The number of hydrogen-bond acceptors (Lipinski definition) is 4. The van der Waals surface area contributed by atoms with E-state index in [1.165, 1.54) is 35.4 Å². The lowest BCUT2D eigenvalue weighted by Crippen LogP contribution is -2.20. The summed E-state index contributed by atoms with van der Waals surface area (Å²) in [7, 11) is 1.48. The van der Waals surface area contributed by atoms with Crippen LogP contribution in [0.3, 0.4) is 0 Å². The topological polar surface area (TPSA) is 44.1 Å². The number of ether oxygens (including phenoxy) is 1.